The lowest BCUT2D eigenvalue weighted by Crippen LogP contribution is -2.54. The predicted octanol–water partition coefficient (Wildman–Crippen LogP) is 2.91. The Labute approximate surface area is 109 Å². The average molecular weight is 249 g/mol. The molecule has 1 aromatic carbocycles. The van der Waals surface area contributed by atoms with E-state index in [1.807, 2.05) is 18.2 Å². The maximum Gasteiger partial charge on any atom is 0.124 e. The lowest BCUT2D eigenvalue weighted by molar-refractivity contribution is -0.0383. The lowest BCUT2D eigenvalue weighted by atomic mass is 9.91. The Morgan fingerprint density at radius 2 is 2.06 bits per heavy atom. The SMILES string of the molecule is CCC1(CC)COC(c2ccccc2OC)CN1. The van der Waals surface area contributed by atoms with Crippen molar-refractivity contribution in [2.45, 2.75) is 38.3 Å². The van der Waals surface area contributed by atoms with Crippen LogP contribution in [0.25, 0.3) is 0 Å². The molecule has 0 saturated carbocycles. The molecule has 3 heteroatoms. The maximum atomic E-state index is 6.06. The summed E-state index contributed by atoms with van der Waals surface area (Å²) in [6.45, 7) is 6.04. The van der Waals surface area contributed by atoms with E-state index in [0.29, 0.717) is 0 Å². The molecule has 0 aliphatic carbocycles. The highest BCUT2D eigenvalue weighted by molar-refractivity contribution is 5.35. The van der Waals surface area contributed by atoms with Gasteiger partial charge < -0.3 is 14.8 Å². The van der Waals surface area contributed by atoms with E-state index in [-0.39, 0.29) is 11.6 Å². The van der Waals surface area contributed by atoms with Crippen molar-refractivity contribution in [2.75, 3.05) is 20.3 Å². The molecule has 0 radical (unpaired) electrons. The number of methoxy groups -OCH3 is 1. The van der Waals surface area contributed by atoms with E-state index >= 15 is 0 Å². The summed E-state index contributed by atoms with van der Waals surface area (Å²) in [7, 11) is 1.71. The summed E-state index contributed by atoms with van der Waals surface area (Å²) in [5.41, 5.74) is 1.28. The first-order chi connectivity index (χ1) is 8.74. The van der Waals surface area contributed by atoms with Crippen molar-refractivity contribution in [3.63, 3.8) is 0 Å². The molecule has 1 N–H and O–H groups in total. The van der Waals surface area contributed by atoms with Crippen LogP contribution in [0.15, 0.2) is 24.3 Å². The quantitative estimate of drug-likeness (QED) is 0.890. The molecule has 1 unspecified atom stereocenters. The van der Waals surface area contributed by atoms with Crippen LogP contribution in [-0.4, -0.2) is 25.8 Å². The number of ether oxygens (including phenoxy) is 2. The summed E-state index contributed by atoms with van der Waals surface area (Å²) in [4.78, 5) is 0. The van der Waals surface area contributed by atoms with Crippen LogP contribution < -0.4 is 10.1 Å². The van der Waals surface area contributed by atoms with E-state index < -0.39 is 0 Å². The van der Waals surface area contributed by atoms with Gasteiger partial charge in [-0.15, -0.1) is 0 Å². The Kier molecular flexibility index (Phi) is 4.25. The van der Waals surface area contributed by atoms with E-state index in [2.05, 4.69) is 25.2 Å². The zero-order valence-corrected chi connectivity index (χ0v) is 11.5. The fraction of sp³-hybridized carbons (Fsp3) is 0.600. The Balaban J connectivity index is 2.10. The van der Waals surface area contributed by atoms with Crippen LogP contribution in [0.1, 0.15) is 38.4 Å². The molecule has 1 aromatic rings. The van der Waals surface area contributed by atoms with Crippen LogP contribution in [0, 0.1) is 0 Å². The maximum absolute atomic E-state index is 6.06. The Morgan fingerprint density at radius 3 is 2.61 bits per heavy atom. The minimum absolute atomic E-state index is 0.0902. The molecule has 3 nitrogen and oxygen atoms in total. The van der Waals surface area contributed by atoms with Gasteiger partial charge in [-0.3, -0.25) is 0 Å². The number of hydrogen-bond acceptors (Lipinski definition) is 3. The minimum atomic E-state index is 0.0902. The second-order valence-electron chi connectivity index (χ2n) is 4.91. The summed E-state index contributed by atoms with van der Waals surface area (Å²) in [5, 5.41) is 3.65. The molecule has 2 rings (SSSR count). The molecule has 1 aliphatic heterocycles. The third-order valence-electron chi connectivity index (χ3n) is 4.06. The normalized spacial score (nSPS) is 22.7. The molecule has 1 saturated heterocycles. The van der Waals surface area contributed by atoms with E-state index in [0.717, 1.165) is 37.3 Å². The molecule has 1 fully saturated rings. The van der Waals surface area contributed by atoms with Gasteiger partial charge >= 0.3 is 0 Å². The topological polar surface area (TPSA) is 30.5 Å². The highest BCUT2D eigenvalue weighted by Crippen LogP contribution is 2.32. The predicted molar refractivity (Wildman–Crippen MR) is 73.0 cm³/mol. The summed E-state index contributed by atoms with van der Waals surface area (Å²) in [6.07, 6.45) is 2.29. The van der Waals surface area contributed by atoms with Crippen LogP contribution >= 0.6 is 0 Å². The zero-order chi connectivity index (χ0) is 13.0. The van der Waals surface area contributed by atoms with Gasteiger partial charge in [0.15, 0.2) is 0 Å². The fourth-order valence-electron chi connectivity index (χ4n) is 2.52. The molecule has 0 amide bonds. The largest absolute Gasteiger partial charge is 0.496 e. The standard InChI is InChI=1S/C15H23NO2/c1-4-15(5-2)11-18-14(10-16-15)12-8-6-7-9-13(12)17-3/h6-9,14,16H,4-5,10-11H2,1-3H3. The highest BCUT2D eigenvalue weighted by atomic mass is 16.5. The van der Waals surface area contributed by atoms with Crippen molar-refractivity contribution < 1.29 is 9.47 Å². The van der Waals surface area contributed by atoms with Crippen molar-refractivity contribution in [3.05, 3.63) is 29.8 Å². The Morgan fingerprint density at radius 1 is 1.33 bits per heavy atom. The third-order valence-corrected chi connectivity index (χ3v) is 4.06. The summed E-state index contributed by atoms with van der Waals surface area (Å²) in [6, 6.07) is 8.08. The second-order valence-corrected chi connectivity index (χ2v) is 4.91. The van der Waals surface area contributed by atoms with Gasteiger partial charge in [0.05, 0.1) is 19.8 Å². The minimum Gasteiger partial charge on any atom is -0.496 e. The van der Waals surface area contributed by atoms with Crippen molar-refractivity contribution in [2.24, 2.45) is 0 Å². The molecule has 1 atom stereocenters. The number of para-hydroxylation sites is 1. The number of morpholine rings is 1. The van der Waals surface area contributed by atoms with Crippen LogP contribution in [0.3, 0.4) is 0 Å². The summed E-state index contributed by atoms with van der Waals surface area (Å²) >= 11 is 0. The van der Waals surface area contributed by atoms with Crippen molar-refractivity contribution >= 4 is 0 Å². The summed E-state index contributed by atoms with van der Waals surface area (Å²) < 4.78 is 11.5. The van der Waals surface area contributed by atoms with E-state index in [1.165, 1.54) is 0 Å². The van der Waals surface area contributed by atoms with Crippen molar-refractivity contribution in [3.8, 4) is 5.75 Å². The fourth-order valence-corrected chi connectivity index (χ4v) is 2.52. The average Bonchev–Trinajstić information content (AvgIpc) is 2.47. The van der Waals surface area contributed by atoms with Crippen molar-refractivity contribution in [1.29, 1.82) is 0 Å². The molecule has 0 aromatic heterocycles. The van der Waals surface area contributed by atoms with Gasteiger partial charge in [0.2, 0.25) is 0 Å². The Hall–Kier alpha value is -1.06. The molecular weight excluding hydrogens is 226 g/mol. The zero-order valence-electron chi connectivity index (χ0n) is 11.5. The van der Waals surface area contributed by atoms with Crippen LogP contribution in [0.4, 0.5) is 0 Å². The van der Waals surface area contributed by atoms with E-state index in [4.69, 9.17) is 9.47 Å². The highest BCUT2D eigenvalue weighted by Gasteiger charge is 2.33. The van der Waals surface area contributed by atoms with Gasteiger partial charge in [-0.25, -0.2) is 0 Å². The molecule has 100 valence electrons. The molecule has 18 heavy (non-hydrogen) atoms. The van der Waals surface area contributed by atoms with Gasteiger partial charge in [-0.2, -0.15) is 0 Å². The monoisotopic (exact) mass is 249 g/mol. The van der Waals surface area contributed by atoms with Crippen LogP contribution in [-0.2, 0) is 4.74 Å². The number of nitrogens with one attached hydrogen (secondary N) is 1. The van der Waals surface area contributed by atoms with Gasteiger partial charge in [-0.05, 0) is 18.9 Å². The molecule has 0 bridgehead atoms. The first-order valence-electron chi connectivity index (χ1n) is 6.74. The second kappa shape index (κ2) is 5.72. The molecule has 1 heterocycles. The molecule has 0 spiro atoms. The first-order valence-corrected chi connectivity index (χ1v) is 6.74. The van der Waals surface area contributed by atoms with Crippen molar-refractivity contribution in [1.82, 2.24) is 5.32 Å². The van der Waals surface area contributed by atoms with Gasteiger partial charge in [0, 0.05) is 17.6 Å². The van der Waals surface area contributed by atoms with Gasteiger partial charge in [-0.1, -0.05) is 32.0 Å². The third kappa shape index (κ3) is 2.52. The molecular formula is C15H23NO2. The van der Waals surface area contributed by atoms with Gasteiger partial charge in [0.25, 0.3) is 0 Å². The Bertz CT molecular complexity index is 378. The molecule has 1 aliphatic rings. The first kappa shape index (κ1) is 13.4. The number of rotatable bonds is 4. The van der Waals surface area contributed by atoms with Crippen LogP contribution in [0.2, 0.25) is 0 Å². The smallest absolute Gasteiger partial charge is 0.124 e. The van der Waals surface area contributed by atoms with E-state index in [9.17, 15) is 0 Å². The summed E-state index contributed by atoms with van der Waals surface area (Å²) in [5.74, 6) is 0.907. The number of hydrogen-bond donors (Lipinski definition) is 1. The van der Waals surface area contributed by atoms with E-state index in [1.54, 1.807) is 7.11 Å². The lowest BCUT2D eigenvalue weighted by Gasteiger charge is -2.40. The van der Waals surface area contributed by atoms with Gasteiger partial charge in [0.1, 0.15) is 5.75 Å². The number of benzene rings is 1. The van der Waals surface area contributed by atoms with Crippen LogP contribution in [0.5, 0.6) is 5.75 Å².